The van der Waals surface area contributed by atoms with Gasteiger partial charge >= 0.3 is 0 Å². The molecule has 1 aliphatic carbocycles. The maximum absolute atomic E-state index is 11.1. The molecule has 15 heavy (non-hydrogen) atoms. The Hall–Kier alpha value is -0.900. The van der Waals surface area contributed by atoms with E-state index >= 15 is 0 Å². The van der Waals surface area contributed by atoms with Crippen LogP contribution in [0.25, 0.3) is 0 Å². The molecule has 0 saturated heterocycles. The molecule has 0 radical (unpaired) electrons. The smallest absolute Gasteiger partial charge is 0.217 e. The number of pyridine rings is 1. The van der Waals surface area contributed by atoms with E-state index in [1.54, 1.807) is 6.92 Å². The van der Waals surface area contributed by atoms with E-state index in [0.29, 0.717) is 0 Å². The van der Waals surface area contributed by atoms with Crippen LogP contribution < -0.4 is 5.32 Å². The molecular formula is C11H13BrN2O. The number of fused-ring (bicyclic) bond motifs is 1. The van der Waals surface area contributed by atoms with Crippen molar-refractivity contribution in [3.63, 3.8) is 0 Å². The number of nitrogens with zero attached hydrogens (tertiary/aromatic N) is 1. The zero-order chi connectivity index (χ0) is 10.8. The third-order valence-electron chi connectivity index (χ3n) is 2.71. The summed E-state index contributed by atoms with van der Waals surface area (Å²) in [5.74, 6) is 0.0211. The van der Waals surface area contributed by atoms with Gasteiger partial charge in [-0.3, -0.25) is 9.78 Å². The van der Waals surface area contributed by atoms with Gasteiger partial charge in [0.1, 0.15) is 0 Å². The van der Waals surface area contributed by atoms with E-state index in [1.165, 1.54) is 5.56 Å². The zero-order valence-corrected chi connectivity index (χ0v) is 10.2. The van der Waals surface area contributed by atoms with Crippen molar-refractivity contribution in [2.75, 3.05) is 0 Å². The molecule has 1 aromatic rings. The van der Waals surface area contributed by atoms with Crippen LogP contribution in [-0.2, 0) is 11.2 Å². The molecule has 0 spiro atoms. The normalized spacial score (nSPS) is 19.5. The van der Waals surface area contributed by atoms with Gasteiger partial charge < -0.3 is 5.32 Å². The lowest BCUT2D eigenvalue weighted by molar-refractivity contribution is -0.119. The minimum atomic E-state index is 0.0211. The van der Waals surface area contributed by atoms with E-state index in [4.69, 9.17) is 0 Å². The average Bonchev–Trinajstić information content (AvgIpc) is 2.19. The summed E-state index contributed by atoms with van der Waals surface area (Å²) in [4.78, 5) is 15.2. The maximum Gasteiger partial charge on any atom is 0.217 e. The number of carbonyl (C=O) groups is 1. The minimum absolute atomic E-state index is 0.0211. The van der Waals surface area contributed by atoms with Gasteiger partial charge in [0, 0.05) is 23.8 Å². The highest BCUT2D eigenvalue weighted by molar-refractivity contribution is 9.10. The molecular weight excluding hydrogens is 256 g/mol. The Kier molecular flexibility index (Phi) is 3.05. The highest BCUT2D eigenvalue weighted by Crippen LogP contribution is 2.33. The highest BCUT2D eigenvalue weighted by Gasteiger charge is 2.22. The quantitative estimate of drug-likeness (QED) is 0.850. The second kappa shape index (κ2) is 4.31. The standard InChI is InChI=1S/C11H13BrN2O/c1-7(15)14-11-4-2-3-8-9(11)5-13-6-10(8)12/h5-6,11H,2-4H2,1H3,(H,14,15)/t11-/m1/s1. The van der Waals surface area contributed by atoms with Crippen LogP contribution in [0.1, 0.15) is 36.9 Å². The van der Waals surface area contributed by atoms with Crippen LogP contribution in [0.2, 0.25) is 0 Å². The number of aromatic nitrogens is 1. The van der Waals surface area contributed by atoms with E-state index < -0.39 is 0 Å². The molecule has 1 atom stereocenters. The van der Waals surface area contributed by atoms with Crippen LogP contribution >= 0.6 is 15.9 Å². The van der Waals surface area contributed by atoms with Crippen LogP contribution in [0.4, 0.5) is 0 Å². The third-order valence-corrected chi connectivity index (χ3v) is 3.39. The molecule has 0 aliphatic heterocycles. The summed E-state index contributed by atoms with van der Waals surface area (Å²) in [6.07, 6.45) is 6.86. The molecule has 1 aromatic heterocycles. The van der Waals surface area contributed by atoms with Gasteiger partial charge in [0.05, 0.1) is 6.04 Å². The zero-order valence-electron chi connectivity index (χ0n) is 8.59. The van der Waals surface area contributed by atoms with Crippen molar-refractivity contribution in [3.8, 4) is 0 Å². The summed E-state index contributed by atoms with van der Waals surface area (Å²) < 4.78 is 1.05. The molecule has 0 bridgehead atoms. The average molecular weight is 269 g/mol. The van der Waals surface area contributed by atoms with Crippen molar-refractivity contribution in [3.05, 3.63) is 28.0 Å². The van der Waals surface area contributed by atoms with Gasteiger partial charge in [0.25, 0.3) is 0 Å². The third kappa shape index (κ3) is 2.20. The van der Waals surface area contributed by atoms with Crippen LogP contribution in [0.15, 0.2) is 16.9 Å². The fourth-order valence-electron chi connectivity index (χ4n) is 2.07. The molecule has 4 heteroatoms. The Morgan fingerprint density at radius 3 is 3.13 bits per heavy atom. The first-order valence-electron chi connectivity index (χ1n) is 5.08. The molecule has 0 saturated carbocycles. The molecule has 3 nitrogen and oxygen atoms in total. The van der Waals surface area contributed by atoms with Crippen molar-refractivity contribution in [2.24, 2.45) is 0 Å². The topological polar surface area (TPSA) is 42.0 Å². The Morgan fingerprint density at radius 1 is 1.60 bits per heavy atom. The van der Waals surface area contributed by atoms with Crippen LogP contribution in [-0.4, -0.2) is 10.9 Å². The van der Waals surface area contributed by atoms with Crippen molar-refractivity contribution < 1.29 is 4.79 Å². The van der Waals surface area contributed by atoms with E-state index in [0.717, 1.165) is 29.3 Å². The van der Waals surface area contributed by atoms with Gasteiger partial charge in [-0.15, -0.1) is 0 Å². The van der Waals surface area contributed by atoms with E-state index in [2.05, 4.69) is 26.2 Å². The first-order chi connectivity index (χ1) is 7.18. The van der Waals surface area contributed by atoms with Crippen LogP contribution in [0.5, 0.6) is 0 Å². The first-order valence-corrected chi connectivity index (χ1v) is 5.87. The predicted molar refractivity (Wildman–Crippen MR) is 61.4 cm³/mol. The molecule has 1 aliphatic rings. The minimum Gasteiger partial charge on any atom is -0.349 e. The Bertz CT molecular complexity index is 392. The predicted octanol–water partition coefficient (Wildman–Crippen LogP) is 2.36. The van der Waals surface area contributed by atoms with E-state index in [-0.39, 0.29) is 11.9 Å². The van der Waals surface area contributed by atoms with Gasteiger partial charge in [-0.05, 0) is 46.3 Å². The van der Waals surface area contributed by atoms with Crippen LogP contribution in [0, 0.1) is 0 Å². The van der Waals surface area contributed by atoms with Gasteiger partial charge in [-0.2, -0.15) is 0 Å². The number of amides is 1. The molecule has 0 unspecified atom stereocenters. The summed E-state index contributed by atoms with van der Waals surface area (Å²) in [6, 6.07) is 0.135. The lowest BCUT2D eigenvalue weighted by Crippen LogP contribution is -2.29. The van der Waals surface area contributed by atoms with Gasteiger partial charge in [0.2, 0.25) is 5.91 Å². The highest BCUT2D eigenvalue weighted by atomic mass is 79.9. The molecule has 1 amide bonds. The molecule has 80 valence electrons. The number of carbonyl (C=O) groups excluding carboxylic acids is 1. The van der Waals surface area contributed by atoms with E-state index in [9.17, 15) is 4.79 Å². The molecule has 1 N–H and O–H groups in total. The Labute approximate surface area is 97.4 Å². The summed E-state index contributed by atoms with van der Waals surface area (Å²) in [7, 11) is 0. The lowest BCUT2D eigenvalue weighted by atomic mass is 9.89. The molecule has 0 aromatic carbocycles. The van der Waals surface area contributed by atoms with Crippen molar-refractivity contribution >= 4 is 21.8 Å². The summed E-state index contributed by atoms with van der Waals surface area (Å²) in [6.45, 7) is 1.56. The van der Waals surface area contributed by atoms with Gasteiger partial charge in [-0.25, -0.2) is 0 Å². The summed E-state index contributed by atoms with van der Waals surface area (Å²) in [5.41, 5.74) is 2.45. The Morgan fingerprint density at radius 2 is 2.40 bits per heavy atom. The van der Waals surface area contributed by atoms with Crippen LogP contribution in [0.3, 0.4) is 0 Å². The maximum atomic E-state index is 11.1. The second-order valence-electron chi connectivity index (χ2n) is 3.83. The van der Waals surface area contributed by atoms with Crippen molar-refractivity contribution in [1.82, 2.24) is 10.3 Å². The number of hydrogen-bond donors (Lipinski definition) is 1. The fourth-order valence-corrected chi connectivity index (χ4v) is 2.62. The second-order valence-corrected chi connectivity index (χ2v) is 4.69. The first kappa shape index (κ1) is 10.6. The van der Waals surface area contributed by atoms with Gasteiger partial charge in [-0.1, -0.05) is 0 Å². The van der Waals surface area contributed by atoms with Crippen molar-refractivity contribution in [1.29, 1.82) is 0 Å². The molecule has 1 heterocycles. The summed E-state index contributed by atoms with van der Waals surface area (Å²) >= 11 is 3.50. The number of nitrogens with one attached hydrogen (secondary N) is 1. The van der Waals surface area contributed by atoms with E-state index in [1.807, 2.05) is 12.4 Å². The fraction of sp³-hybridized carbons (Fsp3) is 0.455. The largest absolute Gasteiger partial charge is 0.349 e. The molecule has 2 rings (SSSR count). The lowest BCUT2D eigenvalue weighted by Gasteiger charge is -2.26. The number of hydrogen-bond acceptors (Lipinski definition) is 2. The number of halogens is 1. The Balaban J connectivity index is 2.34. The number of rotatable bonds is 1. The van der Waals surface area contributed by atoms with Crippen molar-refractivity contribution in [2.45, 2.75) is 32.2 Å². The summed E-state index contributed by atoms with van der Waals surface area (Å²) in [5, 5.41) is 2.97. The monoisotopic (exact) mass is 268 g/mol. The molecule has 0 fully saturated rings. The van der Waals surface area contributed by atoms with Gasteiger partial charge in [0.15, 0.2) is 0 Å². The SMILES string of the molecule is CC(=O)N[C@@H]1CCCc2c(Br)cncc21.